The number of carbonyl (C=O) groups excluding carboxylic acids is 1. The maximum absolute atomic E-state index is 12.3. The normalized spacial score (nSPS) is 11.1. The smallest absolute Gasteiger partial charge is 0.250 e. The van der Waals surface area contributed by atoms with Crippen LogP contribution in [0.5, 0.6) is 11.5 Å². The zero-order chi connectivity index (χ0) is 19.4. The molecule has 1 N–H and O–H groups in total. The Hall–Kier alpha value is -2.86. The van der Waals surface area contributed by atoms with E-state index in [0.717, 1.165) is 21.3 Å². The van der Waals surface area contributed by atoms with Gasteiger partial charge >= 0.3 is 0 Å². The monoisotopic (exact) mass is 382 g/mol. The molecule has 27 heavy (non-hydrogen) atoms. The molecular weight excluding hydrogens is 360 g/mol. The largest absolute Gasteiger partial charge is 0.493 e. The number of methoxy groups -OCH3 is 1. The lowest BCUT2D eigenvalue weighted by atomic mass is 10.1. The summed E-state index contributed by atoms with van der Waals surface area (Å²) in [6, 6.07) is 9.71. The molecule has 0 aliphatic rings. The van der Waals surface area contributed by atoms with Crippen LogP contribution in [0.2, 0.25) is 0 Å². The van der Waals surface area contributed by atoms with E-state index >= 15 is 0 Å². The van der Waals surface area contributed by atoms with Crippen LogP contribution < -0.4 is 14.8 Å². The van der Waals surface area contributed by atoms with E-state index in [4.69, 9.17) is 9.47 Å². The fourth-order valence-corrected chi connectivity index (χ4v) is 3.85. The third-order valence-electron chi connectivity index (χ3n) is 3.97. The molecule has 0 radical (unpaired) electrons. The standard InChI is InChI=1S/C21H22N2O3S/c1-5-26-16-8-6-15(12-17(16)25-4)7-9-19(24)22-21-23-20-14(3)10-13(2)11-18(20)27-21/h6-12H,5H2,1-4H3,(H,22,23,24)/b9-7+. The highest BCUT2D eigenvalue weighted by Crippen LogP contribution is 2.30. The second-order valence-electron chi connectivity index (χ2n) is 6.11. The Morgan fingerprint density at radius 2 is 2.04 bits per heavy atom. The minimum atomic E-state index is -0.226. The van der Waals surface area contributed by atoms with E-state index in [1.54, 1.807) is 13.2 Å². The van der Waals surface area contributed by atoms with E-state index in [-0.39, 0.29) is 5.91 Å². The van der Waals surface area contributed by atoms with Gasteiger partial charge in [0.25, 0.3) is 0 Å². The number of fused-ring (bicyclic) bond motifs is 1. The van der Waals surface area contributed by atoms with Crippen LogP contribution in [-0.4, -0.2) is 24.6 Å². The third-order valence-corrected chi connectivity index (χ3v) is 4.89. The lowest BCUT2D eigenvalue weighted by Crippen LogP contribution is -2.07. The van der Waals surface area contributed by atoms with E-state index in [1.165, 1.54) is 23.0 Å². The summed E-state index contributed by atoms with van der Waals surface area (Å²) >= 11 is 1.48. The van der Waals surface area contributed by atoms with Crippen molar-refractivity contribution in [1.82, 2.24) is 4.98 Å². The van der Waals surface area contributed by atoms with Gasteiger partial charge in [0.05, 0.1) is 23.9 Å². The predicted molar refractivity (Wildman–Crippen MR) is 111 cm³/mol. The van der Waals surface area contributed by atoms with Gasteiger partial charge in [0.15, 0.2) is 16.6 Å². The third kappa shape index (κ3) is 4.46. The van der Waals surface area contributed by atoms with Crippen LogP contribution in [-0.2, 0) is 4.79 Å². The summed E-state index contributed by atoms with van der Waals surface area (Å²) in [6.07, 6.45) is 3.22. The van der Waals surface area contributed by atoms with Crippen molar-refractivity contribution in [2.45, 2.75) is 20.8 Å². The maximum Gasteiger partial charge on any atom is 0.250 e. The Morgan fingerprint density at radius 3 is 2.78 bits per heavy atom. The predicted octanol–water partition coefficient (Wildman–Crippen LogP) is 4.97. The molecule has 5 nitrogen and oxygen atoms in total. The molecule has 1 heterocycles. The van der Waals surface area contributed by atoms with Crippen molar-refractivity contribution in [3.63, 3.8) is 0 Å². The molecule has 6 heteroatoms. The number of rotatable bonds is 6. The molecule has 0 fully saturated rings. The van der Waals surface area contributed by atoms with Crippen LogP contribution >= 0.6 is 11.3 Å². The number of aromatic nitrogens is 1. The van der Waals surface area contributed by atoms with Gasteiger partial charge in [-0.2, -0.15) is 0 Å². The number of hydrogen-bond acceptors (Lipinski definition) is 5. The number of ether oxygens (including phenoxy) is 2. The van der Waals surface area contributed by atoms with Crippen molar-refractivity contribution in [3.05, 3.63) is 53.1 Å². The van der Waals surface area contributed by atoms with E-state index < -0.39 is 0 Å². The second-order valence-corrected chi connectivity index (χ2v) is 7.14. The summed E-state index contributed by atoms with van der Waals surface area (Å²) in [5.41, 5.74) is 4.08. The Balaban J connectivity index is 1.73. The summed E-state index contributed by atoms with van der Waals surface area (Å²) in [7, 11) is 1.59. The summed E-state index contributed by atoms with van der Waals surface area (Å²) in [6.45, 7) is 6.57. The average Bonchev–Trinajstić information content (AvgIpc) is 3.03. The number of amides is 1. The first-order valence-corrected chi connectivity index (χ1v) is 9.49. The number of carbonyl (C=O) groups is 1. The Kier molecular flexibility index (Phi) is 5.76. The minimum absolute atomic E-state index is 0.226. The quantitative estimate of drug-likeness (QED) is 0.611. The van der Waals surface area contributed by atoms with Crippen molar-refractivity contribution < 1.29 is 14.3 Å². The van der Waals surface area contributed by atoms with Crippen LogP contribution in [0.4, 0.5) is 5.13 Å². The number of benzene rings is 2. The first-order chi connectivity index (χ1) is 13.0. The van der Waals surface area contributed by atoms with Gasteiger partial charge in [-0.05, 0) is 61.7 Å². The molecule has 0 bridgehead atoms. The summed E-state index contributed by atoms with van der Waals surface area (Å²) in [5.74, 6) is 1.09. The van der Waals surface area contributed by atoms with Gasteiger partial charge in [-0.25, -0.2) is 4.98 Å². The lowest BCUT2D eigenvalue weighted by molar-refractivity contribution is -0.111. The number of aryl methyl sites for hydroxylation is 2. The molecule has 0 saturated carbocycles. The molecule has 3 aromatic rings. The van der Waals surface area contributed by atoms with Gasteiger partial charge < -0.3 is 9.47 Å². The first-order valence-electron chi connectivity index (χ1n) is 8.68. The Bertz CT molecular complexity index is 1010. The molecule has 0 saturated heterocycles. The van der Waals surface area contributed by atoms with Gasteiger partial charge in [0.1, 0.15) is 0 Å². The number of anilines is 1. The lowest BCUT2D eigenvalue weighted by Gasteiger charge is -2.09. The van der Waals surface area contributed by atoms with E-state index in [1.807, 2.05) is 32.0 Å². The summed E-state index contributed by atoms with van der Waals surface area (Å²) < 4.78 is 11.9. The number of nitrogens with zero attached hydrogens (tertiary/aromatic N) is 1. The molecule has 1 amide bonds. The number of thiazole rings is 1. The minimum Gasteiger partial charge on any atom is -0.493 e. The average molecular weight is 382 g/mol. The Labute approximate surface area is 162 Å². The van der Waals surface area contributed by atoms with E-state index in [9.17, 15) is 4.79 Å². The zero-order valence-corrected chi connectivity index (χ0v) is 16.6. The van der Waals surface area contributed by atoms with Gasteiger partial charge in [-0.15, -0.1) is 0 Å². The van der Waals surface area contributed by atoms with Crippen LogP contribution in [0, 0.1) is 13.8 Å². The van der Waals surface area contributed by atoms with Crippen LogP contribution in [0.1, 0.15) is 23.6 Å². The maximum atomic E-state index is 12.3. The number of nitrogens with one attached hydrogen (secondary N) is 1. The highest BCUT2D eigenvalue weighted by atomic mass is 32.1. The van der Waals surface area contributed by atoms with Gasteiger partial charge in [-0.3, -0.25) is 10.1 Å². The fraction of sp³-hybridized carbons (Fsp3) is 0.238. The van der Waals surface area contributed by atoms with Crippen LogP contribution in [0.25, 0.3) is 16.3 Å². The highest BCUT2D eigenvalue weighted by molar-refractivity contribution is 7.22. The molecule has 140 valence electrons. The molecule has 0 unspecified atom stereocenters. The summed E-state index contributed by atoms with van der Waals surface area (Å²) in [4.78, 5) is 16.8. The molecule has 3 rings (SSSR count). The van der Waals surface area contributed by atoms with Crippen LogP contribution in [0.15, 0.2) is 36.4 Å². The fourth-order valence-electron chi connectivity index (χ4n) is 2.81. The van der Waals surface area contributed by atoms with Gasteiger partial charge in [0, 0.05) is 6.08 Å². The van der Waals surface area contributed by atoms with Crippen molar-refractivity contribution in [3.8, 4) is 11.5 Å². The molecule has 2 aromatic carbocycles. The molecule has 1 aromatic heterocycles. The molecular formula is C21H22N2O3S. The molecule has 0 atom stereocenters. The van der Waals surface area contributed by atoms with Gasteiger partial charge in [0.2, 0.25) is 5.91 Å². The van der Waals surface area contributed by atoms with Crippen molar-refractivity contribution in [2.75, 3.05) is 19.0 Å². The highest BCUT2D eigenvalue weighted by Gasteiger charge is 2.09. The van der Waals surface area contributed by atoms with Crippen molar-refractivity contribution in [2.24, 2.45) is 0 Å². The van der Waals surface area contributed by atoms with E-state index in [2.05, 4.69) is 29.4 Å². The molecule has 0 aliphatic heterocycles. The number of hydrogen-bond donors (Lipinski definition) is 1. The first kappa shape index (κ1) is 18.9. The summed E-state index contributed by atoms with van der Waals surface area (Å²) in [5, 5.41) is 3.43. The van der Waals surface area contributed by atoms with Crippen LogP contribution in [0.3, 0.4) is 0 Å². The molecule has 0 spiro atoms. The Morgan fingerprint density at radius 1 is 1.22 bits per heavy atom. The molecule has 0 aliphatic carbocycles. The van der Waals surface area contributed by atoms with E-state index in [0.29, 0.717) is 23.2 Å². The van der Waals surface area contributed by atoms with Crippen molar-refractivity contribution in [1.29, 1.82) is 0 Å². The second kappa shape index (κ2) is 8.22. The topological polar surface area (TPSA) is 60.5 Å². The van der Waals surface area contributed by atoms with Gasteiger partial charge in [-0.1, -0.05) is 23.5 Å². The van der Waals surface area contributed by atoms with Crippen molar-refractivity contribution >= 4 is 38.7 Å². The SMILES string of the molecule is CCOc1ccc(/C=C/C(=O)Nc2nc3c(C)cc(C)cc3s2)cc1OC. The zero-order valence-electron chi connectivity index (χ0n) is 15.8.